The number of amides is 1. The number of rotatable bonds is 6. The maximum absolute atomic E-state index is 11.7. The van der Waals surface area contributed by atoms with Crippen molar-refractivity contribution < 1.29 is 9.90 Å². The molecular weight excluding hydrogens is 216 g/mol. The zero-order valence-electron chi connectivity index (χ0n) is 10.1. The lowest BCUT2D eigenvalue weighted by Gasteiger charge is -2.14. The van der Waals surface area contributed by atoms with Crippen LogP contribution in [0.4, 0.5) is 0 Å². The molecule has 0 aliphatic carbocycles. The van der Waals surface area contributed by atoms with Crippen LogP contribution in [-0.2, 0) is 11.2 Å². The monoisotopic (exact) mass is 236 g/mol. The summed E-state index contributed by atoms with van der Waals surface area (Å²) in [7, 11) is 0. The first-order chi connectivity index (χ1) is 8.13. The number of aliphatic hydroxyl groups excluding tert-OH is 1. The summed E-state index contributed by atoms with van der Waals surface area (Å²) in [6, 6.07) is 9.13. The Bertz CT molecular complexity index is 341. The van der Waals surface area contributed by atoms with Gasteiger partial charge in [0, 0.05) is 13.2 Å². The standard InChI is InChI=1S/C13H20N2O2/c1-10(9-16)8-15-13(17)12(14)7-11-5-3-2-4-6-11/h2-6,10,12,16H,7-9,14H2,1H3,(H,15,17)/t10?,12-/m0/s1. The molecule has 1 aromatic rings. The number of nitrogens with one attached hydrogen (secondary N) is 1. The van der Waals surface area contributed by atoms with E-state index in [2.05, 4.69) is 5.32 Å². The molecule has 2 atom stereocenters. The van der Waals surface area contributed by atoms with Crippen LogP contribution in [-0.4, -0.2) is 30.2 Å². The van der Waals surface area contributed by atoms with Crippen molar-refractivity contribution in [3.8, 4) is 0 Å². The van der Waals surface area contributed by atoms with E-state index in [4.69, 9.17) is 10.8 Å². The summed E-state index contributed by atoms with van der Waals surface area (Å²) in [4.78, 5) is 11.7. The van der Waals surface area contributed by atoms with E-state index < -0.39 is 6.04 Å². The molecule has 0 fully saturated rings. The fourth-order valence-corrected chi connectivity index (χ4v) is 1.43. The molecule has 0 saturated carbocycles. The van der Waals surface area contributed by atoms with Gasteiger partial charge in [0.25, 0.3) is 0 Å². The van der Waals surface area contributed by atoms with Gasteiger partial charge in [-0.05, 0) is 17.9 Å². The fourth-order valence-electron chi connectivity index (χ4n) is 1.43. The number of aliphatic hydroxyl groups is 1. The minimum Gasteiger partial charge on any atom is -0.396 e. The third-order valence-corrected chi connectivity index (χ3v) is 2.57. The van der Waals surface area contributed by atoms with E-state index in [0.717, 1.165) is 5.56 Å². The summed E-state index contributed by atoms with van der Waals surface area (Å²) in [5.74, 6) is -0.114. The Hall–Kier alpha value is -1.39. The Morgan fingerprint density at radius 1 is 1.41 bits per heavy atom. The first-order valence-electron chi connectivity index (χ1n) is 5.81. The first kappa shape index (κ1) is 13.7. The molecule has 1 aromatic carbocycles. The smallest absolute Gasteiger partial charge is 0.237 e. The van der Waals surface area contributed by atoms with Gasteiger partial charge < -0.3 is 16.2 Å². The molecule has 0 spiro atoms. The molecule has 0 saturated heterocycles. The Morgan fingerprint density at radius 3 is 2.65 bits per heavy atom. The van der Waals surface area contributed by atoms with Gasteiger partial charge in [0.15, 0.2) is 0 Å². The van der Waals surface area contributed by atoms with Crippen molar-refractivity contribution in [3.05, 3.63) is 35.9 Å². The van der Waals surface area contributed by atoms with Gasteiger partial charge in [-0.2, -0.15) is 0 Å². The second-order valence-corrected chi connectivity index (χ2v) is 4.33. The van der Waals surface area contributed by atoms with Crippen LogP contribution in [0.1, 0.15) is 12.5 Å². The van der Waals surface area contributed by atoms with Gasteiger partial charge in [-0.15, -0.1) is 0 Å². The molecule has 1 unspecified atom stereocenters. The second kappa shape index (κ2) is 7.04. The third-order valence-electron chi connectivity index (χ3n) is 2.57. The van der Waals surface area contributed by atoms with E-state index in [0.29, 0.717) is 13.0 Å². The molecule has 94 valence electrons. The van der Waals surface area contributed by atoms with E-state index in [1.165, 1.54) is 0 Å². The molecule has 4 heteroatoms. The first-order valence-corrected chi connectivity index (χ1v) is 5.81. The molecule has 0 heterocycles. The average Bonchev–Trinajstić information content (AvgIpc) is 2.36. The molecule has 0 aliphatic rings. The van der Waals surface area contributed by atoms with Crippen LogP contribution in [0.5, 0.6) is 0 Å². The Labute approximate surface area is 102 Å². The van der Waals surface area contributed by atoms with Gasteiger partial charge in [0.05, 0.1) is 6.04 Å². The zero-order valence-corrected chi connectivity index (χ0v) is 10.1. The van der Waals surface area contributed by atoms with Crippen LogP contribution >= 0.6 is 0 Å². The van der Waals surface area contributed by atoms with Crippen molar-refractivity contribution in [1.82, 2.24) is 5.32 Å². The number of hydrogen-bond acceptors (Lipinski definition) is 3. The van der Waals surface area contributed by atoms with Crippen molar-refractivity contribution in [1.29, 1.82) is 0 Å². The number of carbonyl (C=O) groups is 1. The summed E-state index contributed by atoms with van der Waals surface area (Å²) in [6.45, 7) is 2.38. The molecule has 0 bridgehead atoms. The van der Waals surface area contributed by atoms with Gasteiger partial charge >= 0.3 is 0 Å². The molecular formula is C13H20N2O2. The molecule has 0 radical (unpaired) electrons. The summed E-state index contributed by atoms with van der Waals surface area (Å²) in [6.07, 6.45) is 0.528. The SMILES string of the molecule is CC(CO)CNC(=O)[C@@H](N)Cc1ccccc1. The van der Waals surface area contributed by atoms with E-state index in [9.17, 15) is 4.79 Å². The van der Waals surface area contributed by atoms with Crippen molar-refractivity contribution in [2.24, 2.45) is 11.7 Å². The highest BCUT2D eigenvalue weighted by atomic mass is 16.3. The van der Waals surface area contributed by atoms with Crippen LogP contribution < -0.4 is 11.1 Å². The van der Waals surface area contributed by atoms with Crippen LogP contribution in [0.15, 0.2) is 30.3 Å². The van der Waals surface area contributed by atoms with E-state index in [1.807, 2.05) is 37.3 Å². The van der Waals surface area contributed by atoms with Crippen molar-refractivity contribution in [2.45, 2.75) is 19.4 Å². The van der Waals surface area contributed by atoms with Gasteiger partial charge in [0.2, 0.25) is 5.91 Å². The lowest BCUT2D eigenvalue weighted by molar-refractivity contribution is -0.122. The predicted molar refractivity (Wildman–Crippen MR) is 67.4 cm³/mol. The van der Waals surface area contributed by atoms with Gasteiger partial charge in [-0.3, -0.25) is 4.79 Å². The lowest BCUT2D eigenvalue weighted by atomic mass is 10.1. The predicted octanol–water partition coefficient (Wildman–Crippen LogP) is 0.301. The van der Waals surface area contributed by atoms with Crippen LogP contribution in [0.2, 0.25) is 0 Å². The highest BCUT2D eigenvalue weighted by molar-refractivity contribution is 5.81. The minimum absolute atomic E-state index is 0.0582. The summed E-state index contributed by atoms with van der Waals surface area (Å²) < 4.78 is 0. The normalized spacial score (nSPS) is 14.1. The molecule has 0 aromatic heterocycles. The highest BCUT2D eigenvalue weighted by Gasteiger charge is 2.14. The third kappa shape index (κ3) is 4.97. The van der Waals surface area contributed by atoms with Crippen molar-refractivity contribution >= 4 is 5.91 Å². The Balaban J connectivity index is 2.37. The number of nitrogens with two attached hydrogens (primary N) is 1. The van der Waals surface area contributed by atoms with E-state index >= 15 is 0 Å². The largest absolute Gasteiger partial charge is 0.396 e. The maximum Gasteiger partial charge on any atom is 0.237 e. The number of hydrogen-bond donors (Lipinski definition) is 3. The number of benzene rings is 1. The van der Waals surface area contributed by atoms with Crippen LogP contribution in [0.25, 0.3) is 0 Å². The highest BCUT2D eigenvalue weighted by Crippen LogP contribution is 2.02. The second-order valence-electron chi connectivity index (χ2n) is 4.33. The lowest BCUT2D eigenvalue weighted by Crippen LogP contribution is -2.43. The maximum atomic E-state index is 11.7. The average molecular weight is 236 g/mol. The summed E-state index contributed by atoms with van der Waals surface area (Å²) in [5.41, 5.74) is 6.85. The molecule has 1 amide bonds. The molecule has 4 N–H and O–H groups in total. The van der Waals surface area contributed by atoms with E-state index in [1.54, 1.807) is 0 Å². The van der Waals surface area contributed by atoms with Gasteiger partial charge in [-0.1, -0.05) is 37.3 Å². The fraction of sp³-hybridized carbons (Fsp3) is 0.462. The Kier molecular flexibility index (Phi) is 5.66. The molecule has 17 heavy (non-hydrogen) atoms. The van der Waals surface area contributed by atoms with Crippen molar-refractivity contribution in [2.75, 3.05) is 13.2 Å². The van der Waals surface area contributed by atoms with Crippen molar-refractivity contribution in [3.63, 3.8) is 0 Å². The summed E-state index contributed by atoms with van der Waals surface area (Å²) in [5, 5.41) is 11.6. The molecule has 1 rings (SSSR count). The van der Waals surface area contributed by atoms with Crippen LogP contribution in [0.3, 0.4) is 0 Å². The van der Waals surface area contributed by atoms with Gasteiger partial charge in [-0.25, -0.2) is 0 Å². The quantitative estimate of drug-likeness (QED) is 0.665. The molecule has 0 aliphatic heterocycles. The van der Waals surface area contributed by atoms with E-state index in [-0.39, 0.29) is 18.4 Å². The number of carbonyl (C=O) groups excluding carboxylic acids is 1. The molecule has 4 nitrogen and oxygen atoms in total. The Morgan fingerprint density at radius 2 is 2.06 bits per heavy atom. The van der Waals surface area contributed by atoms with Crippen LogP contribution in [0, 0.1) is 5.92 Å². The van der Waals surface area contributed by atoms with Gasteiger partial charge in [0.1, 0.15) is 0 Å². The topological polar surface area (TPSA) is 75.3 Å². The minimum atomic E-state index is -0.539. The summed E-state index contributed by atoms with van der Waals surface area (Å²) >= 11 is 0. The zero-order chi connectivity index (χ0) is 12.7.